The lowest BCUT2D eigenvalue weighted by Crippen LogP contribution is -2.01. The van der Waals surface area contributed by atoms with Crippen molar-refractivity contribution < 1.29 is 9.84 Å². The molecule has 29 heavy (non-hydrogen) atoms. The molecule has 0 bridgehead atoms. The van der Waals surface area contributed by atoms with Gasteiger partial charge < -0.3 is 9.84 Å². The molecule has 1 N–H and O–H groups in total. The largest absolute Gasteiger partial charge is 0.507 e. The normalized spacial score (nSPS) is 10.8. The molecule has 2 heterocycles. The van der Waals surface area contributed by atoms with Crippen molar-refractivity contribution in [2.24, 2.45) is 0 Å². The molecule has 2 aromatic carbocycles. The molecular weight excluding hydrogens is 364 g/mol. The SMILES string of the molecule is COc1ccc(O)c(-c2nc(CCc3ccccc3)nn2-c2ccnc(C)c2)c1. The van der Waals surface area contributed by atoms with Crippen molar-refractivity contribution in [3.05, 3.63) is 83.9 Å². The van der Waals surface area contributed by atoms with Crippen LogP contribution >= 0.6 is 0 Å². The van der Waals surface area contributed by atoms with E-state index >= 15 is 0 Å². The highest BCUT2D eigenvalue weighted by Crippen LogP contribution is 2.33. The number of aromatic nitrogens is 4. The second kappa shape index (κ2) is 8.14. The van der Waals surface area contributed by atoms with Gasteiger partial charge in [-0.1, -0.05) is 30.3 Å². The van der Waals surface area contributed by atoms with Crippen LogP contribution in [0.25, 0.3) is 17.1 Å². The first-order valence-corrected chi connectivity index (χ1v) is 9.44. The van der Waals surface area contributed by atoms with Gasteiger partial charge in [0.2, 0.25) is 0 Å². The summed E-state index contributed by atoms with van der Waals surface area (Å²) < 4.78 is 7.08. The Balaban J connectivity index is 1.77. The molecule has 0 atom stereocenters. The number of pyridine rings is 1. The number of hydrogen-bond acceptors (Lipinski definition) is 5. The van der Waals surface area contributed by atoms with Gasteiger partial charge in [0.1, 0.15) is 11.5 Å². The van der Waals surface area contributed by atoms with E-state index in [2.05, 4.69) is 17.1 Å². The van der Waals surface area contributed by atoms with Crippen LogP contribution in [-0.4, -0.2) is 32.0 Å². The Morgan fingerprint density at radius 2 is 1.83 bits per heavy atom. The zero-order valence-electron chi connectivity index (χ0n) is 16.4. The number of ether oxygens (including phenoxy) is 1. The second-order valence-corrected chi connectivity index (χ2v) is 6.79. The Morgan fingerprint density at radius 3 is 2.59 bits per heavy atom. The lowest BCUT2D eigenvalue weighted by Gasteiger charge is -2.09. The molecule has 146 valence electrons. The highest BCUT2D eigenvalue weighted by molar-refractivity contribution is 5.67. The summed E-state index contributed by atoms with van der Waals surface area (Å²) in [5.41, 5.74) is 3.52. The molecule has 0 fully saturated rings. The van der Waals surface area contributed by atoms with Gasteiger partial charge in [-0.3, -0.25) is 4.98 Å². The number of phenolic OH excluding ortho intramolecular Hbond substituents is 1. The van der Waals surface area contributed by atoms with E-state index in [9.17, 15) is 5.11 Å². The molecule has 0 amide bonds. The minimum absolute atomic E-state index is 0.125. The Morgan fingerprint density at radius 1 is 1.00 bits per heavy atom. The first kappa shape index (κ1) is 18.7. The Hall–Kier alpha value is -3.67. The van der Waals surface area contributed by atoms with E-state index in [1.54, 1.807) is 36.2 Å². The summed E-state index contributed by atoms with van der Waals surface area (Å²) in [7, 11) is 1.60. The smallest absolute Gasteiger partial charge is 0.167 e. The van der Waals surface area contributed by atoms with Gasteiger partial charge in [-0.05, 0) is 49.2 Å². The van der Waals surface area contributed by atoms with Gasteiger partial charge in [-0.15, -0.1) is 0 Å². The van der Waals surface area contributed by atoms with Crippen LogP contribution in [0.1, 0.15) is 17.1 Å². The zero-order valence-corrected chi connectivity index (χ0v) is 16.4. The third-order valence-corrected chi connectivity index (χ3v) is 4.70. The van der Waals surface area contributed by atoms with Crippen LogP contribution in [0, 0.1) is 6.92 Å². The number of hydrogen-bond donors (Lipinski definition) is 1. The van der Waals surface area contributed by atoms with Crippen LogP contribution in [0.4, 0.5) is 0 Å². The second-order valence-electron chi connectivity index (χ2n) is 6.79. The van der Waals surface area contributed by atoms with E-state index in [0.29, 0.717) is 29.4 Å². The fourth-order valence-electron chi connectivity index (χ4n) is 3.20. The van der Waals surface area contributed by atoms with E-state index in [4.69, 9.17) is 14.8 Å². The summed E-state index contributed by atoms with van der Waals surface area (Å²) >= 11 is 0. The van der Waals surface area contributed by atoms with E-state index in [-0.39, 0.29) is 5.75 Å². The first-order chi connectivity index (χ1) is 14.1. The number of aryl methyl sites for hydroxylation is 3. The molecule has 0 saturated carbocycles. The van der Waals surface area contributed by atoms with E-state index in [1.807, 2.05) is 37.3 Å². The van der Waals surface area contributed by atoms with Gasteiger partial charge >= 0.3 is 0 Å². The van der Waals surface area contributed by atoms with Crippen LogP contribution in [0.3, 0.4) is 0 Å². The molecule has 4 rings (SSSR count). The van der Waals surface area contributed by atoms with Gasteiger partial charge in [0.25, 0.3) is 0 Å². The van der Waals surface area contributed by atoms with Gasteiger partial charge in [-0.2, -0.15) is 5.10 Å². The molecule has 0 saturated heterocycles. The number of methoxy groups -OCH3 is 1. The molecule has 4 aromatic rings. The van der Waals surface area contributed by atoms with Crippen molar-refractivity contribution in [1.29, 1.82) is 0 Å². The van der Waals surface area contributed by atoms with Crippen molar-refractivity contribution in [3.63, 3.8) is 0 Å². The molecule has 0 aliphatic carbocycles. The summed E-state index contributed by atoms with van der Waals surface area (Å²) in [5.74, 6) is 2.04. The number of benzene rings is 2. The third-order valence-electron chi connectivity index (χ3n) is 4.70. The van der Waals surface area contributed by atoms with E-state index in [1.165, 1.54) is 5.56 Å². The van der Waals surface area contributed by atoms with Crippen LogP contribution < -0.4 is 4.74 Å². The van der Waals surface area contributed by atoms with Crippen LogP contribution in [0.15, 0.2) is 66.9 Å². The molecule has 6 heteroatoms. The summed E-state index contributed by atoms with van der Waals surface area (Å²) in [5, 5.41) is 15.2. The average molecular weight is 386 g/mol. The van der Waals surface area contributed by atoms with Crippen molar-refractivity contribution >= 4 is 0 Å². The van der Waals surface area contributed by atoms with Crippen molar-refractivity contribution in [3.8, 4) is 28.6 Å². The maximum atomic E-state index is 10.5. The third kappa shape index (κ3) is 4.11. The highest BCUT2D eigenvalue weighted by Gasteiger charge is 2.18. The van der Waals surface area contributed by atoms with Crippen molar-refractivity contribution in [2.45, 2.75) is 19.8 Å². The Kier molecular flexibility index (Phi) is 5.24. The average Bonchev–Trinajstić information content (AvgIpc) is 3.17. The molecule has 0 radical (unpaired) electrons. The number of aromatic hydroxyl groups is 1. The Labute approximate surface area is 169 Å². The lowest BCUT2D eigenvalue weighted by molar-refractivity contribution is 0.412. The van der Waals surface area contributed by atoms with Gasteiger partial charge in [0, 0.05) is 18.3 Å². The minimum Gasteiger partial charge on any atom is -0.507 e. The van der Waals surface area contributed by atoms with Crippen molar-refractivity contribution in [2.75, 3.05) is 7.11 Å². The fraction of sp³-hybridized carbons (Fsp3) is 0.174. The molecule has 0 aliphatic heterocycles. The molecule has 6 nitrogen and oxygen atoms in total. The molecule has 0 unspecified atom stereocenters. The van der Waals surface area contributed by atoms with E-state index in [0.717, 1.165) is 17.8 Å². The number of phenols is 1. The molecular formula is C23H22N4O2. The topological polar surface area (TPSA) is 73.1 Å². The van der Waals surface area contributed by atoms with Crippen LogP contribution in [0.2, 0.25) is 0 Å². The summed E-state index contributed by atoms with van der Waals surface area (Å²) in [6, 6.07) is 19.2. The quantitative estimate of drug-likeness (QED) is 0.539. The number of nitrogens with zero attached hydrogens (tertiary/aromatic N) is 4. The summed E-state index contributed by atoms with van der Waals surface area (Å²) in [4.78, 5) is 9.02. The predicted octanol–water partition coefficient (Wildman–Crippen LogP) is 4.14. The van der Waals surface area contributed by atoms with Gasteiger partial charge in [0.15, 0.2) is 11.6 Å². The monoisotopic (exact) mass is 386 g/mol. The summed E-state index contributed by atoms with van der Waals surface area (Å²) in [6.45, 7) is 1.93. The minimum atomic E-state index is 0.125. The zero-order chi connectivity index (χ0) is 20.2. The maximum absolute atomic E-state index is 10.5. The van der Waals surface area contributed by atoms with Crippen LogP contribution in [0.5, 0.6) is 11.5 Å². The number of rotatable bonds is 6. The van der Waals surface area contributed by atoms with Crippen molar-refractivity contribution in [1.82, 2.24) is 19.7 Å². The highest BCUT2D eigenvalue weighted by atomic mass is 16.5. The van der Waals surface area contributed by atoms with Gasteiger partial charge in [-0.25, -0.2) is 9.67 Å². The maximum Gasteiger partial charge on any atom is 0.167 e. The predicted molar refractivity (Wildman–Crippen MR) is 111 cm³/mol. The van der Waals surface area contributed by atoms with Gasteiger partial charge in [0.05, 0.1) is 18.4 Å². The fourth-order valence-corrected chi connectivity index (χ4v) is 3.20. The van der Waals surface area contributed by atoms with E-state index < -0.39 is 0 Å². The molecule has 0 aliphatic rings. The lowest BCUT2D eigenvalue weighted by atomic mass is 10.1. The molecule has 0 spiro atoms. The Bertz CT molecular complexity index is 1120. The standard InChI is InChI=1S/C23H22N4O2/c1-16-14-18(12-13-24-16)27-23(20-15-19(29-2)9-10-21(20)28)25-22(26-27)11-8-17-6-4-3-5-7-17/h3-7,9-10,12-15,28H,8,11H2,1-2H3. The first-order valence-electron chi connectivity index (χ1n) is 9.44. The summed E-state index contributed by atoms with van der Waals surface area (Å²) in [6.07, 6.45) is 3.27. The molecule has 2 aromatic heterocycles. The van der Waals surface area contributed by atoms with Crippen LogP contribution in [-0.2, 0) is 12.8 Å².